The second-order valence-corrected chi connectivity index (χ2v) is 5.92. The lowest BCUT2D eigenvalue weighted by Crippen LogP contribution is -2.07. The Balaban J connectivity index is 1.57. The van der Waals surface area contributed by atoms with Gasteiger partial charge in [-0.3, -0.25) is 9.59 Å². The Labute approximate surface area is 158 Å². The van der Waals surface area contributed by atoms with Gasteiger partial charge in [0.2, 0.25) is 5.91 Å². The van der Waals surface area contributed by atoms with Crippen LogP contribution in [0.15, 0.2) is 97.1 Å². The zero-order valence-electron chi connectivity index (χ0n) is 14.7. The quantitative estimate of drug-likeness (QED) is 0.487. The van der Waals surface area contributed by atoms with Gasteiger partial charge in [0, 0.05) is 17.3 Å². The van der Waals surface area contributed by atoms with Crippen LogP contribution in [0.5, 0.6) is 0 Å². The average molecular weight is 353 g/mol. The number of carbonyl (C=O) groups excluding carboxylic acids is 2. The molecule has 0 fully saturated rings. The standard InChI is InChI=1S/C24H19NO2/c26-23(21-9-5-2-6-10-21)17-13-20-11-15-22(16-12-20)25-24(27)18-14-19-7-3-1-4-8-19/h1-18H,(H,25,27)/b17-13+,18-14-. The summed E-state index contributed by atoms with van der Waals surface area (Å²) in [4.78, 5) is 24.1. The van der Waals surface area contributed by atoms with E-state index in [1.807, 2.05) is 60.7 Å². The molecule has 3 rings (SSSR count). The van der Waals surface area contributed by atoms with Crippen LogP contribution in [0.1, 0.15) is 21.5 Å². The van der Waals surface area contributed by atoms with E-state index in [4.69, 9.17) is 0 Å². The van der Waals surface area contributed by atoms with Gasteiger partial charge in [-0.2, -0.15) is 0 Å². The fourth-order valence-corrected chi connectivity index (χ4v) is 2.47. The Morgan fingerprint density at radius 3 is 1.85 bits per heavy atom. The lowest BCUT2D eigenvalue weighted by atomic mass is 10.1. The number of hydrogen-bond donors (Lipinski definition) is 1. The summed E-state index contributed by atoms with van der Waals surface area (Å²) < 4.78 is 0. The van der Waals surface area contributed by atoms with Gasteiger partial charge in [-0.25, -0.2) is 0 Å². The molecule has 1 amide bonds. The molecule has 0 saturated carbocycles. The van der Waals surface area contributed by atoms with Crippen LogP contribution in [0, 0.1) is 0 Å². The van der Waals surface area contributed by atoms with Crippen molar-refractivity contribution in [1.29, 1.82) is 0 Å². The minimum Gasteiger partial charge on any atom is -0.323 e. The number of hydrogen-bond acceptors (Lipinski definition) is 2. The van der Waals surface area contributed by atoms with Gasteiger partial charge in [0.1, 0.15) is 0 Å². The lowest BCUT2D eigenvalue weighted by Gasteiger charge is -2.02. The number of allylic oxidation sites excluding steroid dienone is 1. The molecule has 0 radical (unpaired) electrons. The summed E-state index contributed by atoms with van der Waals surface area (Å²) in [6, 6.07) is 26.1. The van der Waals surface area contributed by atoms with Crippen LogP contribution in [-0.2, 0) is 4.79 Å². The van der Waals surface area contributed by atoms with Gasteiger partial charge in [-0.15, -0.1) is 0 Å². The van der Waals surface area contributed by atoms with Crippen molar-refractivity contribution in [3.63, 3.8) is 0 Å². The highest BCUT2D eigenvalue weighted by atomic mass is 16.1. The van der Waals surface area contributed by atoms with Gasteiger partial charge in [-0.05, 0) is 35.4 Å². The molecule has 1 N–H and O–H groups in total. The number of amides is 1. The molecule has 0 bridgehead atoms. The van der Waals surface area contributed by atoms with Crippen LogP contribution in [0.2, 0.25) is 0 Å². The van der Waals surface area contributed by atoms with Gasteiger partial charge in [-0.1, -0.05) is 78.9 Å². The highest BCUT2D eigenvalue weighted by Gasteiger charge is 2.00. The molecular formula is C24H19NO2. The maximum atomic E-state index is 12.1. The van der Waals surface area contributed by atoms with E-state index in [1.165, 1.54) is 6.08 Å². The molecule has 3 aromatic carbocycles. The van der Waals surface area contributed by atoms with E-state index in [2.05, 4.69) is 5.32 Å². The molecule has 27 heavy (non-hydrogen) atoms. The number of rotatable bonds is 6. The molecule has 0 atom stereocenters. The first-order chi connectivity index (χ1) is 13.2. The Kier molecular flexibility index (Phi) is 6.10. The molecule has 0 saturated heterocycles. The number of anilines is 1. The molecule has 0 aliphatic rings. The molecule has 0 spiro atoms. The van der Waals surface area contributed by atoms with Crippen LogP contribution < -0.4 is 5.32 Å². The number of benzene rings is 3. The van der Waals surface area contributed by atoms with Crippen LogP contribution in [0.25, 0.3) is 12.2 Å². The second kappa shape index (κ2) is 9.11. The van der Waals surface area contributed by atoms with Crippen molar-refractivity contribution in [3.8, 4) is 0 Å². The summed E-state index contributed by atoms with van der Waals surface area (Å²) in [6.45, 7) is 0. The van der Waals surface area contributed by atoms with E-state index in [0.717, 1.165) is 11.1 Å². The van der Waals surface area contributed by atoms with Gasteiger partial charge in [0.25, 0.3) is 0 Å². The molecular weight excluding hydrogens is 334 g/mol. The molecule has 0 unspecified atom stereocenters. The van der Waals surface area contributed by atoms with E-state index < -0.39 is 0 Å². The van der Waals surface area contributed by atoms with E-state index in [0.29, 0.717) is 11.3 Å². The number of nitrogens with one attached hydrogen (secondary N) is 1. The summed E-state index contributed by atoms with van der Waals surface area (Å²) in [5.74, 6) is -0.236. The van der Waals surface area contributed by atoms with Crippen LogP contribution >= 0.6 is 0 Å². The van der Waals surface area contributed by atoms with Crippen molar-refractivity contribution in [2.24, 2.45) is 0 Å². The van der Waals surface area contributed by atoms with Crippen LogP contribution in [0.4, 0.5) is 5.69 Å². The highest BCUT2D eigenvalue weighted by Crippen LogP contribution is 2.12. The lowest BCUT2D eigenvalue weighted by molar-refractivity contribution is -0.111. The topological polar surface area (TPSA) is 46.2 Å². The zero-order chi connectivity index (χ0) is 18.9. The fraction of sp³-hybridized carbons (Fsp3) is 0. The smallest absolute Gasteiger partial charge is 0.248 e. The van der Waals surface area contributed by atoms with Crippen molar-refractivity contribution < 1.29 is 9.59 Å². The second-order valence-electron chi connectivity index (χ2n) is 5.92. The Hall–Kier alpha value is -3.72. The van der Waals surface area contributed by atoms with Gasteiger partial charge < -0.3 is 5.32 Å². The van der Waals surface area contributed by atoms with Crippen molar-refractivity contribution in [2.75, 3.05) is 5.32 Å². The summed E-state index contributed by atoms with van der Waals surface area (Å²) in [7, 11) is 0. The predicted octanol–water partition coefficient (Wildman–Crippen LogP) is 5.23. The summed E-state index contributed by atoms with van der Waals surface area (Å²) in [5.41, 5.74) is 3.21. The van der Waals surface area contributed by atoms with E-state index in [-0.39, 0.29) is 11.7 Å². The first-order valence-corrected chi connectivity index (χ1v) is 8.62. The zero-order valence-corrected chi connectivity index (χ0v) is 14.7. The monoisotopic (exact) mass is 353 g/mol. The number of ketones is 1. The maximum Gasteiger partial charge on any atom is 0.248 e. The normalized spacial score (nSPS) is 11.0. The predicted molar refractivity (Wildman–Crippen MR) is 110 cm³/mol. The Bertz CT molecular complexity index is 956. The third-order valence-electron chi connectivity index (χ3n) is 3.89. The van der Waals surface area contributed by atoms with Crippen molar-refractivity contribution in [3.05, 3.63) is 114 Å². The Morgan fingerprint density at radius 1 is 0.630 bits per heavy atom. The number of carbonyl (C=O) groups is 2. The van der Waals surface area contributed by atoms with Gasteiger partial charge in [0.15, 0.2) is 5.78 Å². The molecule has 3 heteroatoms. The first-order valence-electron chi connectivity index (χ1n) is 8.62. The summed E-state index contributed by atoms with van der Waals surface area (Å²) >= 11 is 0. The average Bonchev–Trinajstić information content (AvgIpc) is 2.73. The molecule has 0 aromatic heterocycles. The minimum absolute atomic E-state index is 0.0426. The van der Waals surface area contributed by atoms with Crippen molar-refractivity contribution in [1.82, 2.24) is 0 Å². The van der Waals surface area contributed by atoms with E-state index >= 15 is 0 Å². The summed E-state index contributed by atoms with van der Waals surface area (Å²) in [5, 5.41) is 2.81. The van der Waals surface area contributed by atoms with Gasteiger partial charge >= 0.3 is 0 Å². The molecule has 3 aromatic rings. The summed E-state index contributed by atoms with van der Waals surface area (Å²) in [6.07, 6.45) is 6.57. The highest BCUT2D eigenvalue weighted by molar-refractivity contribution is 6.06. The Morgan fingerprint density at radius 2 is 1.19 bits per heavy atom. The van der Waals surface area contributed by atoms with E-state index in [1.54, 1.807) is 42.5 Å². The van der Waals surface area contributed by atoms with Crippen LogP contribution in [0.3, 0.4) is 0 Å². The van der Waals surface area contributed by atoms with Crippen LogP contribution in [-0.4, -0.2) is 11.7 Å². The molecule has 0 aliphatic carbocycles. The van der Waals surface area contributed by atoms with Crippen molar-refractivity contribution >= 4 is 29.5 Å². The molecule has 0 aliphatic heterocycles. The molecule has 3 nitrogen and oxygen atoms in total. The third kappa shape index (κ3) is 5.65. The SMILES string of the molecule is O=C(/C=C\c1ccccc1)Nc1ccc(/C=C/C(=O)c2ccccc2)cc1. The first kappa shape index (κ1) is 18.1. The van der Waals surface area contributed by atoms with Crippen molar-refractivity contribution in [2.45, 2.75) is 0 Å². The fourth-order valence-electron chi connectivity index (χ4n) is 2.47. The minimum atomic E-state index is -0.193. The molecule has 132 valence electrons. The maximum absolute atomic E-state index is 12.1. The molecule has 0 heterocycles. The largest absolute Gasteiger partial charge is 0.323 e. The van der Waals surface area contributed by atoms with E-state index in [9.17, 15) is 9.59 Å². The van der Waals surface area contributed by atoms with Gasteiger partial charge in [0.05, 0.1) is 0 Å². The third-order valence-corrected chi connectivity index (χ3v) is 3.89.